The second kappa shape index (κ2) is 11.0. The van der Waals surface area contributed by atoms with Crippen molar-refractivity contribution in [3.05, 3.63) is 46.5 Å². The van der Waals surface area contributed by atoms with E-state index in [1.54, 1.807) is 54.8 Å². The maximum atomic E-state index is 13.5. The number of ether oxygens (including phenoxy) is 6. The van der Waals surface area contributed by atoms with Crippen molar-refractivity contribution < 1.29 is 38.1 Å². The highest BCUT2D eigenvalue weighted by Crippen LogP contribution is 2.42. The van der Waals surface area contributed by atoms with Gasteiger partial charge in [0.15, 0.2) is 28.8 Å². The average molecular weight is 471 g/mol. The minimum absolute atomic E-state index is 0.0284. The molecule has 34 heavy (non-hydrogen) atoms. The number of quaternary nitrogens is 1. The zero-order valence-corrected chi connectivity index (χ0v) is 20.7. The summed E-state index contributed by atoms with van der Waals surface area (Å²) in [7, 11) is 11.4. The minimum atomic E-state index is -0.0284. The molecule has 182 valence electrons. The third-order valence-corrected chi connectivity index (χ3v) is 5.70. The molecule has 8 heteroatoms. The van der Waals surface area contributed by atoms with Crippen molar-refractivity contribution in [3.8, 4) is 34.5 Å². The molecule has 8 nitrogen and oxygen atoms in total. The Labute approximate surface area is 200 Å². The summed E-state index contributed by atoms with van der Waals surface area (Å²) in [6.45, 7) is 1.16. The number of hydrogen-bond donors (Lipinski definition) is 1. The lowest BCUT2D eigenvalue weighted by molar-refractivity contribution is -0.870. The van der Waals surface area contributed by atoms with E-state index in [0.717, 1.165) is 11.1 Å². The highest BCUT2D eigenvalue weighted by atomic mass is 16.5. The summed E-state index contributed by atoms with van der Waals surface area (Å²) in [5.41, 5.74) is 2.81. The van der Waals surface area contributed by atoms with E-state index in [9.17, 15) is 4.79 Å². The standard InChI is InChI=1S/C26H31NO7/c1-27-14-18(12-16-8-10-20(29-2)25(33-6)23(16)31-4)22(28)19(15-27)13-17-9-11-21(30-3)26(34-7)24(17)32-5/h8-13H,14-15H2,1-7H3/p+1/b18-12+,19-13+. The van der Waals surface area contributed by atoms with Crippen LogP contribution >= 0.6 is 0 Å². The smallest absolute Gasteiger partial charge is 0.203 e. The number of carbonyl (C=O) groups is 1. The molecule has 0 unspecified atom stereocenters. The highest BCUT2D eigenvalue weighted by Gasteiger charge is 2.29. The fraction of sp³-hybridized carbons (Fsp3) is 0.346. The van der Waals surface area contributed by atoms with Crippen molar-refractivity contribution in [3.63, 3.8) is 0 Å². The number of carbonyl (C=O) groups excluding carboxylic acids is 1. The van der Waals surface area contributed by atoms with E-state index in [-0.39, 0.29) is 5.78 Å². The lowest BCUT2D eigenvalue weighted by atomic mass is 9.94. The van der Waals surface area contributed by atoms with Gasteiger partial charge in [0, 0.05) is 11.1 Å². The first-order valence-corrected chi connectivity index (χ1v) is 10.8. The van der Waals surface area contributed by atoms with E-state index >= 15 is 0 Å². The summed E-state index contributed by atoms with van der Waals surface area (Å²) >= 11 is 0. The van der Waals surface area contributed by atoms with Crippen LogP contribution in [0.4, 0.5) is 0 Å². The SMILES string of the molecule is COc1ccc(/C=C2\C[NH+](C)C/C(=C\c3ccc(OC)c(OC)c3OC)C2=O)c(OC)c1OC. The van der Waals surface area contributed by atoms with Gasteiger partial charge < -0.3 is 33.3 Å². The quantitative estimate of drug-likeness (QED) is 0.594. The zero-order valence-electron chi connectivity index (χ0n) is 20.7. The number of nitrogens with one attached hydrogen (secondary N) is 1. The fourth-order valence-corrected chi connectivity index (χ4v) is 4.16. The number of Topliss-reactive ketones (excluding diaryl/α,β-unsaturated/α-hetero) is 1. The van der Waals surface area contributed by atoms with Crippen LogP contribution in [0.2, 0.25) is 0 Å². The van der Waals surface area contributed by atoms with Crippen LogP contribution in [0.15, 0.2) is 35.4 Å². The molecule has 0 saturated carbocycles. The Bertz CT molecular complexity index is 1040. The molecule has 1 heterocycles. The van der Waals surface area contributed by atoms with Crippen LogP contribution in [0.5, 0.6) is 34.5 Å². The molecule has 1 aliphatic rings. The van der Waals surface area contributed by atoms with E-state index in [2.05, 4.69) is 0 Å². The molecule has 1 aliphatic heterocycles. The van der Waals surface area contributed by atoms with Gasteiger partial charge in [-0.05, 0) is 36.4 Å². The van der Waals surface area contributed by atoms with Crippen molar-refractivity contribution in [2.24, 2.45) is 0 Å². The minimum Gasteiger partial charge on any atom is -0.493 e. The average Bonchev–Trinajstić information content (AvgIpc) is 2.85. The third-order valence-electron chi connectivity index (χ3n) is 5.70. The van der Waals surface area contributed by atoms with Crippen LogP contribution < -0.4 is 33.3 Å². The Balaban J connectivity index is 2.07. The number of benzene rings is 2. The summed E-state index contributed by atoms with van der Waals surface area (Å²) in [6, 6.07) is 7.29. The predicted molar refractivity (Wildman–Crippen MR) is 130 cm³/mol. The number of hydrogen-bond acceptors (Lipinski definition) is 7. The molecule has 0 aromatic heterocycles. The van der Waals surface area contributed by atoms with Gasteiger partial charge in [-0.2, -0.15) is 0 Å². The molecule has 0 bridgehead atoms. The molecule has 0 atom stereocenters. The largest absolute Gasteiger partial charge is 0.493 e. The summed E-state index contributed by atoms with van der Waals surface area (Å²) in [5, 5.41) is 0. The van der Waals surface area contributed by atoms with Gasteiger partial charge in [-0.1, -0.05) is 0 Å². The summed E-state index contributed by atoms with van der Waals surface area (Å²) < 4.78 is 32.9. The Hall–Kier alpha value is -3.65. The lowest BCUT2D eigenvalue weighted by Gasteiger charge is -2.24. The molecule has 1 N–H and O–H groups in total. The molecule has 0 aliphatic carbocycles. The summed E-state index contributed by atoms with van der Waals surface area (Å²) in [4.78, 5) is 14.7. The van der Waals surface area contributed by atoms with Gasteiger partial charge in [0.05, 0.1) is 60.9 Å². The first kappa shape index (κ1) is 25.0. The molecule has 2 aromatic carbocycles. The number of likely N-dealkylation sites (tertiary alicyclic amines) is 1. The molecule has 0 amide bonds. The fourth-order valence-electron chi connectivity index (χ4n) is 4.16. The van der Waals surface area contributed by atoms with E-state index in [1.165, 1.54) is 4.90 Å². The second-order valence-corrected chi connectivity index (χ2v) is 7.83. The van der Waals surface area contributed by atoms with Crippen LogP contribution in [-0.2, 0) is 4.79 Å². The molecule has 3 rings (SSSR count). The van der Waals surface area contributed by atoms with Crippen LogP contribution in [-0.4, -0.2) is 68.6 Å². The second-order valence-electron chi connectivity index (χ2n) is 7.83. The van der Waals surface area contributed by atoms with Crippen molar-refractivity contribution >= 4 is 17.9 Å². The Morgan fingerprint density at radius 3 is 1.32 bits per heavy atom. The number of rotatable bonds is 8. The van der Waals surface area contributed by atoms with Crippen LogP contribution in [0, 0.1) is 0 Å². The topological polar surface area (TPSA) is 76.9 Å². The van der Waals surface area contributed by atoms with E-state index in [1.807, 2.05) is 31.3 Å². The first-order chi connectivity index (χ1) is 16.4. The maximum Gasteiger partial charge on any atom is 0.203 e. The van der Waals surface area contributed by atoms with Gasteiger partial charge in [-0.15, -0.1) is 0 Å². The van der Waals surface area contributed by atoms with Crippen molar-refractivity contribution in [1.82, 2.24) is 0 Å². The first-order valence-electron chi connectivity index (χ1n) is 10.8. The molecular weight excluding hydrogens is 438 g/mol. The number of piperidine rings is 1. The number of methoxy groups -OCH3 is 6. The van der Waals surface area contributed by atoms with Crippen LogP contribution in [0.25, 0.3) is 12.2 Å². The molecule has 1 fully saturated rings. The normalized spacial score (nSPS) is 18.1. The predicted octanol–water partition coefficient (Wildman–Crippen LogP) is 2.30. The van der Waals surface area contributed by atoms with Gasteiger partial charge >= 0.3 is 0 Å². The van der Waals surface area contributed by atoms with Gasteiger partial charge in [0.25, 0.3) is 0 Å². The third kappa shape index (κ3) is 4.82. The zero-order chi connectivity index (χ0) is 24.8. The van der Waals surface area contributed by atoms with Crippen molar-refractivity contribution in [2.75, 3.05) is 62.8 Å². The van der Waals surface area contributed by atoms with E-state index in [4.69, 9.17) is 28.4 Å². The number of ketones is 1. The maximum absolute atomic E-state index is 13.5. The Morgan fingerprint density at radius 1 is 0.618 bits per heavy atom. The molecule has 2 aromatic rings. The highest BCUT2D eigenvalue weighted by molar-refractivity contribution is 6.14. The van der Waals surface area contributed by atoms with Gasteiger partial charge in [-0.25, -0.2) is 0 Å². The van der Waals surface area contributed by atoms with Gasteiger partial charge in [0.2, 0.25) is 11.5 Å². The molecule has 1 saturated heterocycles. The molecule has 0 radical (unpaired) electrons. The van der Waals surface area contributed by atoms with E-state index < -0.39 is 0 Å². The lowest BCUT2D eigenvalue weighted by Crippen LogP contribution is -3.10. The monoisotopic (exact) mass is 470 g/mol. The molecule has 0 spiro atoms. The number of likely N-dealkylation sites (N-methyl/N-ethyl adjacent to an activating group) is 1. The summed E-state index contributed by atoms with van der Waals surface area (Å²) in [5.74, 6) is 3.07. The van der Waals surface area contributed by atoms with Gasteiger partial charge in [0.1, 0.15) is 13.1 Å². The Kier molecular flexibility index (Phi) is 8.07. The van der Waals surface area contributed by atoms with Crippen LogP contribution in [0.3, 0.4) is 0 Å². The van der Waals surface area contributed by atoms with Crippen LogP contribution in [0.1, 0.15) is 11.1 Å². The molecular formula is C26H32NO7+. The summed E-state index contributed by atoms with van der Waals surface area (Å²) in [6.07, 6.45) is 3.71. The Morgan fingerprint density at radius 2 is 1.00 bits per heavy atom. The van der Waals surface area contributed by atoms with Gasteiger partial charge in [-0.3, -0.25) is 4.79 Å². The van der Waals surface area contributed by atoms with E-state index in [0.29, 0.717) is 58.7 Å². The van der Waals surface area contributed by atoms with Crippen molar-refractivity contribution in [1.29, 1.82) is 0 Å². The van der Waals surface area contributed by atoms with Crippen molar-refractivity contribution in [2.45, 2.75) is 0 Å².